The molecule has 1 aromatic rings. The van der Waals surface area contributed by atoms with Crippen LogP contribution in [0, 0.1) is 18.8 Å². The van der Waals surface area contributed by atoms with Gasteiger partial charge in [-0.3, -0.25) is 0 Å². The lowest BCUT2D eigenvalue weighted by Gasteiger charge is -2.05. The van der Waals surface area contributed by atoms with Crippen LogP contribution in [-0.2, 0) is 0 Å². The number of nitrogen functional groups attached to an aromatic ring is 1. The first-order valence-corrected chi connectivity index (χ1v) is 4.69. The third-order valence-electron chi connectivity index (χ3n) is 1.99. The van der Waals surface area contributed by atoms with Crippen LogP contribution in [0.3, 0.4) is 0 Å². The lowest BCUT2D eigenvalue weighted by Crippen LogP contribution is -2.05. The maximum Gasteiger partial charge on any atom is 0.337 e. The number of hydrogen-bond donors (Lipinski definition) is 2. The van der Waals surface area contributed by atoms with E-state index in [0.29, 0.717) is 5.56 Å². The van der Waals surface area contributed by atoms with Gasteiger partial charge < -0.3 is 10.8 Å². The predicted octanol–water partition coefficient (Wildman–Crippen LogP) is 1.94. The van der Waals surface area contributed by atoms with Crippen LogP contribution in [0.5, 0.6) is 0 Å². The van der Waals surface area contributed by atoms with Gasteiger partial charge in [-0.15, -0.1) is 0 Å². The molecule has 0 radical (unpaired) electrons. The highest BCUT2D eigenvalue weighted by Gasteiger charge is 2.11. The quantitative estimate of drug-likeness (QED) is 0.266. The summed E-state index contributed by atoms with van der Waals surface area (Å²) in [4.78, 5) is 13.5. The van der Waals surface area contributed by atoms with Crippen molar-refractivity contribution in [2.24, 2.45) is 5.11 Å². The summed E-state index contributed by atoms with van der Waals surface area (Å²) in [5, 5.41) is 12.2. The molecule has 0 saturated carbocycles. The molecule has 17 heavy (non-hydrogen) atoms. The van der Waals surface area contributed by atoms with Crippen LogP contribution in [0.4, 0.5) is 5.69 Å². The van der Waals surface area contributed by atoms with Crippen molar-refractivity contribution < 1.29 is 9.90 Å². The normalized spacial score (nSPS) is 8.76. The molecule has 0 aromatic heterocycles. The van der Waals surface area contributed by atoms with Gasteiger partial charge in [-0.1, -0.05) is 17.0 Å². The Bertz CT molecular complexity index is 563. The number of carboxylic acid groups (broad SMARTS) is 1. The molecular weight excluding hydrogens is 220 g/mol. The number of benzene rings is 1. The largest absolute Gasteiger partial charge is 0.478 e. The van der Waals surface area contributed by atoms with E-state index >= 15 is 0 Å². The van der Waals surface area contributed by atoms with E-state index in [0.717, 1.165) is 5.56 Å². The van der Waals surface area contributed by atoms with Crippen molar-refractivity contribution >= 4 is 11.7 Å². The molecule has 1 aromatic carbocycles. The Morgan fingerprint density at radius 1 is 1.65 bits per heavy atom. The van der Waals surface area contributed by atoms with Gasteiger partial charge in [-0.2, -0.15) is 0 Å². The van der Waals surface area contributed by atoms with Gasteiger partial charge in [0.05, 0.1) is 17.8 Å². The van der Waals surface area contributed by atoms with Gasteiger partial charge in [0, 0.05) is 10.5 Å². The molecule has 0 bridgehead atoms. The molecule has 0 atom stereocenters. The molecule has 0 aliphatic rings. The summed E-state index contributed by atoms with van der Waals surface area (Å²) in [6, 6.07) is 3.17. The third kappa shape index (κ3) is 3.16. The van der Waals surface area contributed by atoms with Gasteiger partial charge in [0.15, 0.2) is 0 Å². The Balaban J connectivity index is 3.18. The molecule has 1 rings (SSSR count). The number of anilines is 1. The average molecular weight is 230 g/mol. The van der Waals surface area contributed by atoms with Crippen molar-refractivity contribution in [3.8, 4) is 11.8 Å². The summed E-state index contributed by atoms with van der Waals surface area (Å²) < 4.78 is 0. The monoisotopic (exact) mass is 230 g/mol. The molecule has 86 valence electrons. The Morgan fingerprint density at radius 2 is 2.35 bits per heavy atom. The number of aromatic carboxylic acids is 1. The van der Waals surface area contributed by atoms with Crippen LogP contribution in [0.1, 0.15) is 21.5 Å². The van der Waals surface area contributed by atoms with Crippen LogP contribution >= 0.6 is 0 Å². The number of hydrogen-bond acceptors (Lipinski definition) is 3. The Hall–Kier alpha value is -2.64. The van der Waals surface area contributed by atoms with E-state index in [4.69, 9.17) is 16.4 Å². The highest BCUT2D eigenvalue weighted by atomic mass is 16.4. The molecule has 0 aliphatic heterocycles. The van der Waals surface area contributed by atoms with E-state index in [1.165, 1.54) is 6.07 Å². The van der Waals surface area contributed by atoms with Crippen LogP contribution in [-0.4, -0.2) is 17.6 Å². The Morgan fingerprint density at radius 3 is 2.94 bits per heavy atom. The first-order chi connectivity index (χ1) is 8.06. The third-order valence-corrected chi connectivity index (χ3v) is 1.99. The molecule has 0 saturated heterocycles. The first kappa shape index (κ1) is 12.4. The summed E-state index contributed by atoms with van der Waals surface area (Å²) in [5.41, 5.74) is 15.1. The van der Waals surface area contributed by atoms with Crippen LogP contribution in [0.15, 0.2) is 17.2 Å². The van der Waals surface area contributed by atoms with Gasteiger partial charge in [-0.05, 0) is 30.2 Å². The number of azide groups is 1. The van der Waals surface area contributed by atoms with Crippen molar-refractivity contribution in [3.05, 3.63) is 39.3 Å². The van der Waals surface area contributed by atoms with Gasteiger partial charge in [0.2, 0.25) is 0 Å². The smallest absolute Gasteiger partial charge is 0.337 e. The van der Waals surface area contributed by atoms with E-state index < -0.39 is 5.97 Å². The second-order valence-electron chi connectivity index (χ2n) is 3.27. The molecule has 6 nitrogen and oxygen atoms in total. The summed E-state index contributed by atoms with van der Waals surface area (Å²) >= 11 is 0. The Kier molecular flexibility index (Phi) is 3.98. The topological polar surface area (TPSA) is 112 Å². The van der Waals surface area contributed by atoms with Gasteiger partial charge >= 0.3 is 5.97 Å². The standard InChI is InChI=1S/C11H10N4O2/c1-7-5-8(3-2-4-14-15-13)10(12)9(6-7)11(16)17/h5-6H,4,12H2,1H3,(H,16,17). The van der Waals surface area contributed by atoms with E-state index in [9.17, 15) is 4.79 Å². The molecular formula is C11H10N4O2. The van der Waals surface area contributed by atoms with Gasteiger partial charge in [0.25, 0.3) is 0 Å². The van der Waals surface area contributed by atoms with Crippen molar-refractivity contribution in [1.82, 2.24) is 0 Å². The molecule has 0 spiro atoms. The van der Waals surface area contributed by atoms with Crippen LogP contribution in [0.2, 0.25) is 0 Å². The number of nitrogens with two attached hydrogens (primary N) is 1. The lowest BCUT2D eigenvalue weighted by molar-refractivity contribution is 0.0698. The SMILES string of the molecule is Cc1cc(C#CCN=[N+]=[N-])c(N)c(C(=O)O)c1. The van der Waals surface area contributed by atoms with Crippen molar-refractivity contribution in [3.63, 3.8) is 0 Å². The zero-order valence-corrected chi connectivity index (χ0v) is 9.14. The molecule has 0 amide bonds. The van der Waals surface area contributed by atoms with Gasteiger partial charge in [-0.25, -0.2) is 4.79 Å². The molecule has 0 unspecified atom stereocenters. The number of aryl methyl sites for hydroxylation is 1. The zero-order valence-electron chi connectivity index (χ0n) is 9.14. The van der Waals surface area contributed by atoms with Crippen LogP contribution < -0.4 is 5.73 Å². The fraction of sp³-hybridized carbons (Fsp3) is 0.182. The molecule has 0 heterocycles. The maximum absolute atomic E-state index is 10.9. The summed E-state index contributed by atoms with van der Waals surface area (Å²) in [5.74, 6) is 4.18. The number of carboxylic acids is 1. The Labute approximate surface area is 97.7 Å². The van der Waals surface area contributed by atoms with Gasteiger partial charge in [0.1, 0.15) is 0 Å². The van der Waals surface area contributed by atoms with Crippen molar-refractivity contribution in [2.45, 2.75) is 6.92 Å². The first-order valence-electron chi connectivity index (χ1n) is 4.69. The van der Waals surface area contributed by atoms with E-state index in [-0.39, 0.29) is 17.8 Å². The second kappa shape index (κ2) is 5.45. The predicted molar refractivity (Wildman–Crippen MR) is 63.4 cm³/mol. The number of carbonyl (C=O) groups is 1. The minimum Gasteiger partial charge on any atom is -0.478 e. The van der Waals surface area contributed by atoms with Crippen molar-refractivity contribution in [1.29, 1.82) is 0 Å². The number of nitrogens with zero attached hydrogens (tertiary/aromatic N) is 3. The average Bonchev–Trinajstić information content (AvgIpc) is 2.28. The molecule has 0 fully saturated rings. The van der Waals surface area contributed by atoms with E-state index in [2.05, 4.69) is 21.9 Å². The zero-order chi connectivity index (χ0) is 12.8. The lowest BCUT2D eigenvalue weighted by atomic mass is 10.0. The minimum absolute atomic E-state index is 0.0201. The molecule has 0 aliphatic carbocycles. The minimum atomic E-state index is -1.09. The molecule has 3 N–H and O–H groups in total. The van der Waals surface area contributed by atoms with Crippen molar-refractivity contribution in [2.75, 3.05) is 12.3 Å². The second-order valence-corrected chi connectivity index (χ2v) is 3.27. The number of rotatable bonds is 2. The van der Waals surface area contributed by atoms with Crippen LogP contribution in [0.25, 0.3) is 10.4 Å². The highest BCUT2D eigenvalue weighted by molar-refractivity contribution is 5.95. The summed E-state index contributed by atoms with van der Waals surface area (Å²) in [7, 11) is 0. The molecule has 6 heteroatoms. The highest BCUT2D eigenvalue weighted by Crippen LogP contribution is 2.19. The van der Waals surface area contributed by atoms with E-state index in [1.54, 1.807) is 13.0 Å². The summed E-state index contributed by atoms with van der Waals surface area (Å²) in [6.07, 6.45) is 0. The maximum atomic E-state index is 10.9. The fourth-order valence-electron chi connectivity index (χ4n) is 1.28. The fourth-order valence-corrected chi connectivity index (χ4v) is 1.28. The van der Waals surface area contributed by atoms with E-state index in [1.807, 2.05) is 0 Å². The summed E-state index contributed by atoms with van der Waals surface area (Å²) in [6.45, 7) is 1.77.